The van der Waals surface area contributed by atoms with Gasteiger partial charge in [0.25, 0.3) is 5.95 Å². The molecule has 0 saturated heterocycles. The van der Waals surface area contributed by atoms with Crippen molar-refractivity contribution in [2.45, 2.75) is 13.2 Å². The Hall–Kier alpha value is -2.80. The topological polar surface area (TPSA) is 96.0 Å². The van der Waals surface area contributed by atoms with Gasteiger partial charge in [-0.2, -0.15) is 5.21 Å². The Kier molecular flexibility index (Phi) is 4.58. The lowest BCUT2D eigenvalue weighted by atomic mass is 10.2. The maximum absolute atomic E-state index is 10.1. The molecule has 3 aromatic rings. The van der Waals surface area contributed by atoms with Gasteiger partial charge >= 0.3 is 0 Å². The summed E-state index contributed by atoms with van der Waals surface area (Å²) in [7, 11) is 0. The summed E-state index contributed by atoms with van der Waals surface area (Å²) in [6.07, 6.45) is 0. The molecule has 0 spiro atoms. The first kappa shape index (κ1) is 15.1. The molecule has 0 fully saturated rings. The smallest absolute Gasteiger partial charge is 0.263 e. The van der Waals surface area contributed by atoms with E-state index in [9.17, 15) is 5.11 Å². The maximum Gasteiger partial charge on any atom is 0.263 e. The van der Waals surface area contributed by atoms with Crippen LogP contribution in [0.2, 0.25) is 5.02 Å². The monoisotopic (exact) mass is 331 g/mol. The average molecular weight is 332 g/mol. The molecule has 0 unspecified atom stereocenters. The first-order valence-electron chi connectivity index (χ1n) is 6.88. The van der Waals surface area contributed by atoms with Crippen LogP contribution in [-0.2, 0) is 13.2 Å². The van der Waals surface area contributed by atoms with E-state index in [0.717, 1.165) is 11.1 Å². The molecule has 0 aliphatic heterocycles. The van der Waals surface area contributed by atoms with Crippen molar-refractivity contribution in [3.05, 3.63) is 58.6 Å². The SMILES string of the molecule is Oc1cc(CNc2nn[nH]n2)cc(Cl)c1OCc1ccccc1. The molecule has 118 valence electrons. The Labute approximate surface area is 137 Å². The van der Waals surface area contributed by atoms with E-state index in [2.05, 4.69) is 25.9 Å². The van der Waals surface area contributed by atoms with E-state index in [1.54, 1.807) is 12.1 Å². The summed E-state index contributed by atoms with van der Waals surface area (Å²) in [5.41, 5.74) is 1.76. The number of anilines is 1. The minimum Gasteiger partial charge on any atom is -0.504 e. The van der Waals surface area contributed by atoms with E-state index in [0.29, 0.717) is 24.1 Å². The summed E-state index contributed by atoms with van der Waals surface area (Å²) in [4.78, 5) is 0. The van der Waals surface area contributed by atoms with Gasteiger partial charge in [-0.3, -0.25) is 0 Å². The zero-order chi connectivity index (χ0) is 16.1. The molecule has 0 saturated carbocycles. The highest BCUT2D eigenvalue weighted by atomic mass is 35.5. The lowest BCUT2D eigenvalue weighted by Crippen LogP contribution is -2.02. The third kappa shape index (κ3) is 3.89. The van der Waals surface area contributed by atoms with Crippen molar-refractivity contribution in [2.24, 2.45) is 0 Å². The van der Waals surface area contributed by atoms with Gasteiger partial charge in [0, 0.05) is 6.54 Å². The molecule has 8 heteroatoms. The number of tetrazole rings is 1. The number of aromatic nitrogens is 4. The molecule has 23 heavy (non-hydrogen) atoms. The number of nitrogens with zero attached hydrogens (tertiary/aromatic N) is 3. The number of ether oxygens (including phenoxy) is 1. The molecule has 0 radical (unpaired) electrons. The minimum atomic E-state index is -0.0154. The molecule has 0 atom stereocenters. The Morgan fingerprint density at radius 1 is 1.17 bits per heavy atom. The number of hydrogen-bond donors (Lipinski definition) is 3. The quantitative estimate of drug-likeness (QED) is 0.642. The molecule has 1 aromatic heterocycles. The van der Waals surface area contributed by atoms with E-state index in [4.69, 9.17) is 16.3 Å². The highest BCUT2D eigenvalue weighted by Gasteiger charge is 2.11. The standard InChI is InChI=1S/C15H14ClN5O2/c16-12-6-11(8-17-15-18-20-21-19-15)7-13(22)14(12)23-9-10-4-2-1-3-5-10/h1-7,22H,8-9H2,(H2,17,18,19,20,21). The molecule has 3 N–H and O–H groups in total. The Balaban J connectivity index is 1.67. The van der Waals surface area contributed by atoms with Crippen LogP contribution in [0.3, 0.4) is 0 Å². The summed E-state index contributed by atoms with van der Waals surface area (Å²) in [6.45, 7) is 0.723. The zero-order valence-corrected chi connectivity index (χ0v) is 12.8. The lowest BCUT2D eigenvalue weighted by Gasteiger charge is -2.12. The number of hydrogen-bond acceptors (Lipinski definition) is 6. The number of phenolic OH excluding ortho intramolecular Hbond substituents is 1. The molecule has 0 bridgehead atoms. The summed E-state index contributed by atoms with van der Waals surface area (Å²) in [5.74, 6) is 0.613. The second-order valence-corrected chi connectivity index (χ2v) is 5.20. The molecule has 1 heterocycles. The molecule has 0 aliphatic rings. The van der Waals surface area contributed by atoms with Gasteiger partial charge < -0.3 is 15.2 Å². The fourth-order valence-electron chi connectivity index (χ4n) is 2.03. The van der Waals surface area contributed by atoms with Crippen LogP contribution >= 0.6 is 11.6 Å². The van der Waals surface area contributed by atoms with Crippen molar-refractivity contribution >= 4 is 17.5 Å². The predicted octanol–water partition coefficient (Wildman–Crippen LogP) is 2.75. The summed E-state index contributed by atoms with van der Waals surface area (Å²) < 4.78 is 5.62. The number of aromatic hydroxyl groups is 1. The molecular formula is C15H14ClN5O2. The van der Waals surface area contributed by atoms with Gasteiger partial charge in [-0.1, -0.05) is 47.0 Å². The summed E-state index contributed by atoms with van der Waals surface area (Å²) >= 11 is 6.20. The first-order chi connectivity index (χ1) is 11.2. The molecule has 0 amide bonds. The normalized spacial score (nSPS) is 10.5. The van der Waals surface area contributed by atoms with Crippen LogP contribution in [0.5, 0.6) is 11.5 Å². The molecule has 7 nitrogen and oxygen atoms in total. The molecule has 0 aliphatic carbocycles. The van der Waals surface area contributed by atoms with Gasteiger partial charge in [0.2, 0.25) is 0 Å². The third-order valence-corrected chi connectivity index (χ3v) is 3.39. The Morgan fingerprint density at radius 3 is 2.70 bits per heavy atom. The van der Waals surface area contributed by atoms with Crippen LogP contribution in [0.25, 0.3) is 0 Å². The van der Waals surface area contributed by atoms with Gasteiger partial charge in [0.05, 0.1) is 5.02 Å². The average Bonchev–Trinajstić information content (AvgIpc) is 3.06. The third-order valence-electron chi connectivity index (χ3n) is 3.11. The fraction of sp³-hybridized carbons (Fsp3) is 0.133. The second kappa shape index (κ2) is 6.97. The zero-order valence-electron chi connectivity index (χ0n) is 12.0. The highest BCUT2D eigenvalue weighted by molar-refractivity contribution is 6.32. The van der Waals surface area contributed by atoms with Gasteiger partial charge in [-0.25, -0.2) is 0 Å². The van der Waals surface area contributed by atoms with Crippen molar-refractivity contribution in [1.29, 1.82) is 0 Å². The van der Waals surface area contributed by atoms with Crippen molar-refractivity contribution < 1.29 is 9.84 Å². The minimum absolute atomic E-state index is 0.0154. The number of rotatable bonds is 6. The van der Waals surface area contributed by atoms with E-state index in [-0.39, 0.29) is 11.5 Å². The number of nitrogens with one attached hydrogen (secondary N) is 2. The van der Waals surface area contributed by atoms with E-state index in [1.807, 2.05) is 30.3 Å². The predicted molar refractivity (Wildman–Crippen MR) is 85.4 cm³/mol. The van der Waals surface area contributed by atoms with Gasteiger partial charge in [-0.05, 0) is 28.5 Å². The number of H-pyrrole nitrogens is 1. The molecule has 3 rings (SSSR count). The number of benzene rings is 2. The number of phenols is 1. The second-order valence-electron chi connectivity index (χ2n) is 4.79. The van der Waals surface area contributed by atoms with Gasteiger partial charge in [-0.15, -0.1) is 5.10 Å². The van der Waals surface area contributed by atoms with Crippen LogP contribution < -0.4 is 10.1 Å². The van der Waals surface area contributed by atoms with Crippen LogP contribution in [0.4, 0.5) is 5.95 Å². The molecular weight excluding hydrogens is 318 g/mol. The van der Waals surface area contributed by atoms with Crippen molar-refractivity contribution in [2.75, 3.05) is 5.32 Å². The summed E-state index contributed by atoms with van der Waals surface area (Å²) in [5, 5.41) is 26.7. The fourth-order valence-corrected chi connectivity index (χ4v) is 2.32. The van der Waals surface area contributed by atoms with Gasteiger partial charge in [0.1, 0.15) is 6.61 Å². The van der Waals surface area contributed by atoms with Crippen molar-refractivity contribution in [3.63, 3.8) is 0 Å². The first-order valence-corrected chi connectivity index (χ1v) is 7.25. The van der Waals surface area contributed by atoms with Crippen LogP contribution in [-0.4, -0.2) is 25.7 Å². The Bertz CT molecular complexity index is 742. The lowest BCUT2D eigenvalue weighted by molar-refractivity contribution is 0.289. The van der Waals surface area contributed by atoms with Crippen molar-refractivity contribution in [1.82, 2.24) is 20.6 Å². The van der Waals surface area contributed by atoms with E-state index in [1.165, 1.54) is 0 Å². The van der Waals surface area contributed by atoms with Crippen molar-refractivity contribution in [3.8, 4) is 11.5 Å². The maximum atomic E-state index is 10.1. The van der Waals surface area contributed by atoms with Crippen LogP contribution in [0.1, 0.15) is 11.1 Å². The van der Waals surface area contributed by atoms with E-state index >= 15 is 0 Å². The number of aromatic amines is 1. The van der Waals surface area contributed by atoms with Crippen LogP contribution in [0, 0.1) is 0 Å². The Morgan fingerprint density at radius 2 is 2.00 bits per heavy atom. The molecule has 2 aromatic carbocycles. The van der Waals surface area contributed by atoms with Crippen LogP contribution in [0.15, 0.2) is 42.5 Å². The highest BCUT2D eigenvalue weighted by Crippen LogP contribution is 2.36. The van der Waals surface area contributed by atoms with Gasteiger partial charge in [0.15, 0.2) is 11.5 Å². The number of halogens is 1. The largest absolute Gasteiger partial charge is 0.504 e. The van der Waals surface area contributed by atoms with E-state index < -0.39 is 0 Å². The summed E-state index contributed by atoms with van der Waals surface area (Å²) in [6, 6.07) is 13.0.